The quantitative estimate of drug-likeness (QED) is 0.861. The van der Waals surface area contributed by atoms with Crippen LogP contribution in [0.1, 0.15) is 24.3 Å². The maximum atomic E-state index is 13.8. The molecule has 1 saturated carbocycles. The second-order valence-electron chi connectivity index (χ2n) is 6.85. The van der Waals surface area contributed by atoms with Crippen LogP contribution in [0.2, 0.25) is 0 Å². The lowest BCUT2D eigenvalue weighted by Crippen LogP contribution is -2.41. The maximum Gasteiger partial charge on any atom is 0.182 e. The van der Waals surface area contributed by atoms with Crippen LogP contribution in [0.3, 0.4) is 0 Å². The summed E-state index contributed by atoms with van der Waals surface area (Å²) in [5.41, 5.74) is 2.22. The average Bonchev–Trinajstić information content (AvgIpc) is 3.41. The Morgan fingerprint density at radius 1 is 1.16 bits per heavy atom. The van der Waals surface area contributed by atoms with Gasteiger partial charge in [0.1, 0.15) is 29.6 Å². The molecule has 0 N–H and O–H groups in total. The van der Waals surface area contributed by atoms with E-state index in [1.165, 1.54) is 12.1 Å². The molecule has 1 fully saturated rings. The second-order valence-corrected chi connectivity index (χ2v) is 6.85. The highest BCUT2D eigenvalue weighted by molar-refractivity contribution is 6.44. The Kier molecular flexibility index (Phi) is 3.17. The number of hydrazone groups is 1. The van der Waals surface area contributed by atoms with Crippen molar-refractivity contribution in [3.8, 4) is 5.75 Å². The number of hydrogen-bond donors (Lipinski definition) is 0. The van der Waals surface area contributed by atoms with Gasteiger partial charge in [-0.2, -0.15) is 5.10 Å². The van der Waals surface area contributed by atoms with E-state index in [0.717, 1.165) is 18.4 Å². The Hall–Kier alpha value is -2.69. The Bertz CT molecular complexity index is 877. The van der Waals surface area contributed by atoms with Crippen molar-refractivity contribution in [1.82, 2.24) is 0 Å². The summed E-state index contributed by atoms with van der Waals surface area (Å²) < 4.78 is 19.6. The van der Waals surface area contributed by atoms with Crippen LogP contribution in [0.4, 0.5) is 10.1 Å². The van der Waals surface area contributed by atoms with Crippen LogP contribution in [0.15, 0.2) is 53.6 Å². The molecule has 126 valence electrons. The van der Waals surface area contributed by atoms with Crippen LogP contribution in [-0.2, 0) is 4.79 Å². The smallest absolute Gasteiger partial charge is 0.182 e. The molecule has 3 aliphatic rings. The van der Waals surface area contributed by atoms with Gasteiger partial charge < -0.3 is 4.74 Å². The van der Waals surface area contributed by atoms with Gasteiger partial charge in [0.2, 0.25) is 0 Å². The summed E-state index contributed by atoms with van der Waals surface area (Å²) in [4.78, 5) is 12.8. The predicted molar refractivity (Wildman–Crippen MR) is 92.5 cm³/mol. The molecule has 0 amide bonds. The van der Waals surface area contributed by atoms with Gasteiger partial charge in [-0.1, -0.05) is 30.3 Å². The highest BCUT2D eigenvalue weighted by atomic mass is 19.1. The summed E-state index contributed by atoms with van der Waals surface area (Å²) in [6.07, 6.45) is 1.87. The first kappa shape index (κ1) is 14.6. The van der Waals surface area contributed by atoms with Crippen LogP contribution < -0.4 is 9.75 Å². The largest absolute Gasteiger partial charge is 0.489 e. The molecule has 0 unspecified atom stereocenters. The molecule has 0 bridgehead atoms. The number of halogens is 1. The molecule has 0 spiro atoms. The van der Waals surface area contributed by atoms with Gasteiger partial charge in [0.05, 0.1) is 12.0 Å². The molecular weight excluding hydrogens is 319 g/mol. The first-order valence-electron chi connectivity index (χ1n) is 8.61. The van der Waals surface area contributed by atoms with Gasteiger partial charge in [0, 0.05) is 12.0 Å². The predicted octanol–water partition coefficient (Wildman–Crippen LogP) is 3.53. The summed E-state index contributed by atoms with van der Waals surface area (Å²) in [6, 6.07) is 14.2. The van der Waals surface area contributed by atoms with E-state index in [-0.39, 0.29) is 29.5 Å². The van der Waals surface area contributed by atoms with Gasteiger partial charge in [0.25, 0.3) is 0 Å². The van der Waals surface area contributed by atoms with E-state index in [0.29, 0.717) is 23.8 Å². The molecule has 25 heavy (non-hydrogen) atoms. The van der Waals surface area contributed by atoms with Crippen LogP contribution in [0.5, 0.6) is 5.75 Å². The van der Waals surface area contributed by atoms with Crippen molar-refractivity contribution in [3.05, 3.63) is 59.9 Å². The minimum absolute atomic E-state index is 0.0965. The van der Waals surface area contributed by atoms with Crippen molar-refractivity contribution in [2.45, 2.75) is 24.8 Å². The highest BCUT2D eigenvalue weighted by Crippen LogP contribution is 2.44. The number of rotatable bonds is 3. The van der Waals surface area contributed by atoms with Crippen molar-refractivity contribution in [2.75, 3.05) is 11.6 Å². The molecular formula is C20H17FN2O2. The Labute approximate surface area is 144 Å². The number of carbonyl (C=O) groups excluding carboxylic acids is 1. The number of benzene rings is 2. The fourth-order valence-corrected chi connectivity index (χ4v) is 3.74. The molecule has 2 aliphatic heterocycles. The van der Waals surface area contributed by atoms with Gasteiger partial charge in [-0.25, -0.2) is 4.39 Å². The lowest BCUT2D eigenvalue weighted by molar-refractivity contribution is -0.114. The molecule has 1 aliphatic carbocycles. The standard InChI is InChI=1S/C20H17FN2O2/c21-14-8-9-17-15(10-14)23-16(11-25-17)18(12-4-2-1-3-5-12)19(22-23)20(24)13-6-7-13/h1-5,8-10,13,16,18H,6-7,11H2/t16-,18+/m0/s1. The summed E-state index contributed by atoms with van der Waals surface area (Å²) in [7, 11) is 0. The fraction of sp³-hybridized carbons (Fsp3) is 0.300. The summed E-state index contributed by atoms with van der Waals surface area (Å²) >= 11 is 0. The first-order chi connectivity index (χ1) is 12.2. The summed E-state index contributed by atoms with van der Waals surface area (Å²) in [5.74, 6) is 0.343. The van der Waals surface area contributed by atoms with Crippen molar-refractivity contribution in [2.24, 2.45) is 11.0 Å². The van der Waals surface area contributed by atoms with Crippen molar-refractivity contribution >= 4 is 17.2 Å². The van der Waals surface area contributed by atoms with Crippen molar-refractivity contribution in [3.63, 3.8) is 0 Å². The Morgan fingerprint density at radius 3 is 2.72 bits per heavy atom. The normalized spacial score (nSPS) is 24.2. The van der Waals surface area contributed by atoms with Crippen LogP contribution >= 0.6 is 0 Å². The van der Waals surface area contributed by atoms with Crippen molar-refractivity contribution in [1.29, 1.82) is 0 Å². The van der Waals surface area contributed by atoms with Gasteiger partial charge in [-0.05, 0) is 30.5 Å². The molecule has 4 nitrogen and oxygen atoms in total. The third-order valence-electron chi connectivity index (χ3n) is 5.15. The molecule has 2 aromatic rings. The number of carbonyl (C=O) groups is 1. The molecule has 2 heterocycles. The van der Waals surface area contributed by atoms with Crippen LogP contribution in [-0.4, -0.2) is 24.1 Å². The van der Waals surface area contributed by atoms with Gasteiger partial charge in [0.15, 0.2) is 5.78 Å². The van der Waals surface area contributed by atoms with E-state index in [2.05, 4.69) is 5.10 Å². The lowest BCUT2D eigenvalue weighted by Gasteiger charge is -2.33. The topological polar surface area (TPSA) is 41.9 Å². The van der Waals surface area contributed by atoms with E-state index in [1.54, 1.807) is 11.1 Å². The number of anilines is 1. The average molecular weight is 336 g/mol. The molecule has 0 saturated heterocycles. The summed E-state index contributed by atoms with van der Waals surface area (Å²) in [6.45, 7) is 0.420. The van der Waals surface area contributed by atoms with Gasteiger partial charge in [-0.15, -0.1) is 0 Å². The number of ether oxygens (including phenoxy) is 1. The number of Topliss-reactive ketones (excluding diaryl/α,β-unsaturated/α-hetero) is 1. The van der Waals surface area contributed by atoms with Gasteiger partial charge >= 0.3 is 0 Å². The second kappa shape index (κ2) is 5.41. The molecule has 2 aromatic carbocycles. The number of fused-ring (bicyclic) bond motifs is 3. The Balaban J connectivity index is 1.62. The highest BCUT2D eigenvalue weighted by Gasteiger charge is 2.47. The fourth-order valence-electron chi connectivity index (χ4n) is 3.74. The third-order valence-corrected chi connectivity index (χ3v) is 5.15. The summed E-state index contributed by atoms with van der Waals surface area (Å²) in [5, 5.41) is 6.45. The molecule has 5 rings (SSSR count). The van der Waals surface area contributed by atoms with E-state index >= 15 is 0 Å². The Morgan fingerprint density at radius 2 is 1.96 bits per heavy atom. The monoisotopic (exact) mass is 336 g/mol. The molecule has 0 aromatic heterocycles. The zero-order valence-electron chi connectivity index (χ0n) is 13.6. The minimum atomic E-state index is -0.337. The lowest BCUT2D eigenvalue weighted by atomic mass is 9.85. The number of nitrogens with zero attached hydrogens (tertiary/aromatic N) is 2. The first-order valence-corrected chi connectivity index (χ1v) is 8.61. The van der Waals surface area contributed by atoms with E-state index in [9.17, 15) is 9.18 Å². The van der Waals surface area contributed by atoms with Crippen LogP contribution in [0, 0.1) is 11.7 Å². The molecule has 5 heteroatoms. The zero-order valence-corrected chi connectivity index (χ0v) is 13.6. The molecule has 2 atom stereocenters. The number of hydrogen-bond acceptors (Lipinski definition) is 4. The van der Waals surface area contributed by atoms with Crippen LogP contribution in [0.25, 0.3) is 0 Å². The SMILES string of the molecule is O=C(C1=NN2c3cc(F)ccc3OC[C@H]2[C@H]1c1ccccc1)C1CC1. The van der Waals surface area contributed by atoms with Gasteiger partial charge in [-0.3, -0.25) is 9.80 Å². The van der Waals surface area contributed by atoms with E-state index in [4.69, 9.17) is 4.74 Å². The minimum Gasteiger partial charge on any atom is -0.489 e. The molecule has 0 radical (unpaired) electrons. The maximum absolute atomic E-state index is 13.8. The van der Waals surface area contributed by atoms with E-state index < -0.39 is 0 Å². The van der Waals surface area contributed by atoms with Crippen molar-refractivity contribution < 1.29 is 13.9 Å². The number of ketones is 1. The van der Waals surface area contributed by atoms with E-state index in [1.807, 2.05) is 30.3 Å². The zero-order chi connectivity index (χ0) is 17.0. The third kappa shape index (κ3) is 2.34.